The topological polar surface area (TPSA) is 149 Å². The molecule has 0 unspecified atom stereocenters. The minimum Gasteiger partial charge on any atom is -0.496 e. The van der Waals surface area contributed by atoms with Gasteiger partial charge in [0.15, 0.2) is 5.78 Å². The molecule has 1 spiro atoms. The maximum Gasteiger partial charge on any atom is 0.394 e. The number of carbonyl (C=O) groups excluding carboxylic acids is 3. The molecule has 0 radical (unpaired) electrons. The van der Waals surface area contributed by atoms with Crippen LogP contribution in [0.2, 0.25) is 0 Å². The average molecular weight is 624 g/mol. The fourth-order valence-electron chi connectivity index (χ4n) is 6.37. The van der Waals surface area contributed by atoms with Crippen molar-refractivity contribution in [2.45, 2.75) is 44.8 Å². The number of piperidine rings is 1. The Morgan fingerprint density at radius 1 is 1.18 bits per heavy atom. The predicted octanol–water partition coefficient (Wildman–Crippen LogP) is 3.88. The van der Waals surface area contributed by atoms with Crippen LogP contribution in [0.1, 0.15) is 53.3 Å². The first-order valence-electron chi connectivity index (χ1n) is 14.5. The molecule has 1 atom stereocenters. The van der Waals surface area contributed by atoms with Crippen molar-refractivity contribution < 1.29 is 42.9 Å². The molecule has 0 saturated carbocycles. The molecule has 2 fully saturated rings. The molecular weight excluding hydrogens is 590 g/mol. The Balaban J connectivity index is 1.43. The third kappa shape index (κ3) is 5.18. The Kier molecular flexibility index (Phi) is 8.27. The maximum atomic E-state index is 14.7. The fourth-order valence-corrected chi connectivity index (χ4v) is 7.63. The van der Waals surface area contributed by atoms with Gasteiger partial charge in [-0.2, -0.15) is 0 Å². The Bertz CT molecular complexity index is 1570. The highest BCUT2D eigenvalue weighted by Crippen LogP contribution is 2.52. The zero-order chi connectivity index (χ0) is 31.0. The van der Waals surface area contributed by atoms with E-state index in [0.717, 1.165) is 5.56 Å². The number of para-hydroxylation sites is 1. The van der Waals surface area contributed by atoms with Crippen LogP contribution in [-0.2, 0) is 23.9 Å². The van der Waals surface area contributed by atoms with Crippen LogP contribution >= 0.6 is 11.3 Å². The third-order valence-electron chi connectivity index (χ3n) is 8.76. The molecule has 2 aromatic heterocycles. The van der Waals surface area contributed by atoms with E-state index in [4.69, 9.17) is 18.6 Å². The molecule has 1 N–H and O–H groups in total. The van der Waals surface area contributed by atoms with Crippen molar-refractivity contribution in [3.63, 3.8) is 0 Å². The normalized spacial score (nSPS) is 19.2. The minimum absolute atomic E-state index is 0.00337. The second-order valence-corrected chi connectivity index (χ2v) is 12.2. The summed E-state index contributed by atoms with van der Waals surface area (Å²) in [4.78, 5) is 60.3. The van der Waals surface area contributed by atoms with Crippen LogP contribution in [-0.4, -0.2) is 84.6 Å². The number of amides is 2. The van der Waals surface area contributed by atoms with Gasteiger partial charge in [-0.1, -0.05) is 18.2 Å². The predicted molar refractivity (Wildman–Crippen MR) is 158 cm³/mol. The monoisotopic (exact) mass is 623 g/mol. The van der Waals surface area contributed by atoms with Crippen LogP contribution in [0, 0.1) is 12.3 Å². The molecule has 232 valence electrons. The lowest BCUT2D eigenvalue weighted by molar-refractivity contribution is -0.157. The highest BCUT2D eigenvalue weighted by Gasteiger charge is 2.56. The van der Waals surface area contributed by atoms with Crippen molar-refractivity contribution in [3.05, 3.63) is 53.4 Å². The van der Waals surface area contributed by atoms with Crippen LogP contribution in [0.5, 0.6) is 5.75 Å². The number of aromatic nitrogens is 1. The number of carboxylic acid groups (broad SMARTS) is 1. The Morgan fingerprint density at radius 3 is 2.57 bits per heavy atom. The fraction of sp³-hybridized carbons (Fsp3) is 0.452. The Hall–Kier alpha value is -4.07. The number of aliphatic carboxylic acids is 1. The molecule has 3 aliphatic rings. The standard InChI is InChI=1S/C31H33N3O9S/c1-18-23-25(35)31(9-12-33(13-10-31)27(36)29(37)38)30(39)34(28(23)44-24(18)26-32-11-16-42-26)17-22(43-19-7-14-41-15-8-19)20-5-3-4-6-21(20)40-2/h3-6,11,16,19,22H,7-10,12-15,17H2,1-2H3,(H,37,38)/t22-/m0/s1. The molecule has 5 heterocycles. The van der Waals surface area contributed by atoms with E-state index in [9.17, 15) is 24.3 Å². The van der Waals surface area contributed by atoms with E-state index in [1.54, 1.807) is 12.0 Å². The van der Waals surface area contributed by atoms with Gasteiger partial charge in [-0.3, -0.25) is 19.3 Å². The number of methoxy groups -OCH3 is 1. The second-order valence-electron chi connectivity index (χ2n) is 11.2. The third-order valence-corrected chi connectivity index (χ3v) is 10.1. The molecule has 44 heavy (non-hydrogen) atoms. The number of fused-ring (bicyclic) bond motifs is 1. The lowest BCUT2D eigenvalue weighted by atomic mass is 9.69. The molecule has 6 rings (SSSR count). The summed E-state index contributed by atoms with van der Waals surface area (Å²) in [6.07, 6.45) is 3.68. The summed E-state index contributed by atoms with van der Waals surface area (Å²) in [5.41, 5.74) is 0.361. The number of benzene rings is 1. The van der Waals surface area contributed by atoms with Gasteiger partial charge in [-0.15, -0.1) is 11.3 Å². The summed E-state index contributed by atoms with van der Waals surface area (Å²) in [5.74, 6) is -2.39. The maximum absolute atomic E-state index is 14.7. The Labute approximate surface area is 257 Å². The number of ketones is 1. The molecule has 12 nitrogen and oxygen atoms in total. The highest BCUT2D eigenvalue weighted by molar-refractivity contribution is 7.20. The van der Waals surface area contributed by atoms with Crippen molar-refractivity contribution in [3.8, 4) is 16.5 Å². The molecule has 2 saturated heterocycles. The van der Waals surface area contributed by atoms with Crippen LogP contribution < -0.4 is 9.64 Å². The average Bonchev–Trinajstić information content (AvgIpc) is 3.70. The van der Waals surface area contributed by atoms with E-state index in [2.05, 4.69) is 4.98 Å². The minimum atomic E-state index is -1.57. The number of likely N-dealkylation sites (tertiary alicyclic amines) is 1. The van der Waals surface area contributed by atoms with Gasteiger partial charge in [0.2, 0.25) is 11.8 Å². The largest absolute Gasteiger partial charge is 0.496 e. The molecule has 3 aliphatic heterocycles. The highest BCUT2D eigenvalue weighted by atomic mass is 32.1. The van der Waals surface area contributed by atoms with Crippen LogP contribution in [0.25, 0.3) is 10.8 Å². The quantitative estimate of drug-likeness (QED) is 0.304. The number of thiophene rings is 1. The zero-order valence-electron chi connectivity index (χ0n) is 24.4. The molecule has 2 amide bonds. The van der Waals surface area contributed by atoms with Gasteiger partial charge in [0.05, 0.1) is 36.4 Å². The summed E-state index contributed by atoms with van der Waals surface area (Å²) in [6.45, 7) is 2.99. The van der Waals surface area contributed by atoms with Crippen molar-refractivity contribution >= 4 is 39.9 Å². The van der Waals surface area contributed by atoms with E-state index in [0.29, 0.717) is 58.7 Å². The Morgan fingerprint density at radius 2 is 1.91 bits per heavy atom. The lowest BCUT2D eigenvalue weighted by Gasteiger charge is -2.45. The first kappa shape index (κ1) is 30.0. The molecule has 3 aromatic rings. The smallest absolute Gasteiger partial charge is 0.394 e. The van der Waals surface area contributed by atoms with Crippen LogP contribution in [0.15, 0.2) is 41.1 Å². The number of oxazole rings is 1. The van der Waals surface area contributed by atoms with Crippen molar-refractivity contribution in [1.82, 2.24) is 9.88 Å². The molecule has 13 heteroatoms. The van der Waals surface area contributed by atoms with E-state index in [1.165, 1.54) is 28.7 Å². The van der Waals surface area contributed by atoms with Gasteiger partial charge in [0.1, 0.15) is 28.5 Å². The molecule has 0 aliphatic carbocycles. The SMILES string of the molecule is COc1ccccc1[C@H](CN1C(=O)C2(CCN(C(=O)C(=O)O)CC2)C(=O)c2c1sc(-c1ncco1)c2C)OC1CCOCC1. The lowest BCUT2D eigenvalue weighted by Crippen LogP contribution is -2.59. The number of anilines is 1. The number of carboxylic acids is 1. The van der Waals surface area contributed by atoms with E-state index < -0.39 is 29.3 Å². The number of hydrogen-bond acceptors (Lipinski definition) is 10. The number of hydrogen-bond donors (Lipinski definition) is 1. The van der Waals surface area contributed by atoms with E-state index in [1.807, 2.05) is 31.2 Å². The van der Waals surface area contributed by atoms with Gasteiger partial charge in [-0.25, -0.2) is 9.78 Å². The van der Waals surface area contributed by atoms with Crippen LogP contribution in [0.4, 0.5) is 5.00 Å². The van der Waals surface area contributed by atoms with Gasteiger partial charge in [0, 0.05) is 31.9 Å². The van der Waals surface area contributed by atoms with Crippen molar-refractivity contribution in [1.29, 1.82) is 0 Å². The van der Waals surface area contributed by atoms with Crippen LogP contribution in [0.3, 0.4) is 0 Å². The van der Waals surface area contributed by atoms with Gasteiger partial charge in [0.25, 0.3) is 0 Å². The molecular formula is C31H33N3O9S. The molecule has 1 aromatic carbocycles. The van der Waals surface area contributed by atoms with E-state index >= 15 is 0 Å². The van der Waals surface area contributed by atoms with E-state index in [-0.39, 0.29) is 44.4 Å². The van der Waals surface area contributed by atoms with Gasteiger partial charge in [-0.05, 0) is 44.2 Å². The first-order valence-corrected chi connectivity index (χ1v) is 15.3. The molecule has 0 bridgehead atoms. The van der Waals surface area contributed by atoms with Gasteiger partial charge >= 0.3 is 11.9 Å². The van der Waals surface area contributed by atoms with Crippen molar-refractivity contribution in [2.24, 2.45) is 5.41 Å². The number of rotatable bonds is 7. The number of ether oxygens (including phenoxy) is 3. The number of nitrogens with zero attached hydrogens (tertiary/aromatic N) is 3. The zero-order valence-corrected chi connectivity index (χ0v) is 25.3. The second kappa shape index (κ2) is 12.1. The summed E-state index contributed by atoms with van der Waals surface area (Å²) in [6, 6.07) is 7.50. The van der Waals surface area contributed by atoms with Gasteiger partial charge < -0.3 is 28.6 Å². The summed E-state index contributed by atoms with van der Waals surface area (Å²) < 4.78 is 23.5. The van der Waals surface area contributed by atoms with Crippen molar-refractivity contribution in [2.75, 3.05) is 44.9 Å². The summed E-state index contributed by atoms with van der Waals surface area (Å²) >= 11 is 1.26. The number of carbonyl (C=O) groups is 4. The summed E-state index contributed by atoms with van der Waals surface area (Å²) in [5, 5.41) is 9.73. The first-order chi connectivity index (χ1) is 21.2. The number of Topliss-reactive ketones (excluding diaryl/α,β-unsaturated/α-hetero) is 1. The summed E-state index contributed by atoms with van der Waals surface area (Å²) in [7, 11) is 1.58.